The molecular weight excluding hydrogens is 500 g/mol. The summed E-state index contributed by atoms with van der Waals surface area (Å²) in [6.07, 6.45) is 2.09. The number of benzene rings is 3. The number of carbonyl (C=O) groups is 3. The standard InChI is InChI=1S/C31H31F2N3O3/c1-19(30(34)38)36(28(37)15-21-13-24(32)17-25(33)14-21)29-26(22-7-3-2-4-8-22)16-23-9-5-6-10-27(23)35(31(29)39)18-20-11-12-20/h2-10,13-14,17,19-20,26,29H,11-12,15-16,18H2,1H3,(H2,34,38)/t19-,26+,29-/m0/s1. The largest absolute Gasteiger partial charge is 0.368 e. The molecule has 202 valence electrons. The lowest BCUT2D eigenvalue weighted by Crippen LogP contribution is -2.59. The Morgan fingerprint density at radius 2 is 1.64 bits per heavy atom. The molecule has 8 heteroatoms. The summed E-state index contributed by atoms with van der Waals surface area (Å²) in [5, 5.41) is 0. The maximum absolute atomic E-state index is 14.5. The molecule has 3 aromatic rings. The predicted octanol–water partition coefficient (Wildman–Crippen LogP) is 4.36. The summed E-state index contributed by atoms with van der Waals surface area (Å²) in [5.41, 5.74) is 8.43. The van der Waals surface area contributed by atoms with Crippen LogP contribution in [0.4, 0.5) is 14.5 Å². The third-order valence-corrected chi connectivity index (χ3v) is 7.68. The normalized spacial score (nSPS) is 19.7. The summed E-state index contributed by atoms with van der Waals surface area (Å²) in [5.74, 6) is -3.43. The van der Waals surface area contributed by atoms with Crippen molar-refractivity contribution in [3.05, 3.63) is 101 Å². The Bertz CT molecular complexity index is 1370. The fourth-order valence-corrected chi connectivity index (χ4v) is 5.53. The fourth-order valence-electron chi connectivity index (χ4n) is 5.53. The van der Waals surface area contributed by atoms with Crippen molar-refractivity contribution in [3.63, 3.8) is 0 Å². The van der Waals surface area contributed by atoms with Gasteiger partial charge in [0.05, 0.1) is 6.42 Å². The second-order valence-corrected chi connectivity index (χ2v) is 10.5. The Morgan fingerprint density at radius 1 is 1.00 bits per heavy atom. The number of fused-ring (bicyclic) bond motifs is 1. The molecule has 0 radical (unpaired) electrons. The van der Waals surface area contributed by atoms with Crippen molar-refractivity contribution in [2.24, 2.45) is 11.7 Å². The molecule has 1 aliphatic carbocycles. The van der Waals surface area contributed by atoms with E-state index in [0.717, 1.165) is 47.9 Å². The number of hydrogen-bond acceptors (Lipinski definition) is 3. The molecule has 1 aliphatic heterocycles. The first-order valence-electron chi connectivity index (χ1n) is 13.2. The van der Waals surface area contributed by atoms with Crippen molar-refractivity contribution >= 4 is 23.4 Å². The average Bonchev–Trinajstić information content (AvgIpc) is 3.73. The highest BCUT2D eigenvalue weighted by Crippen LogP contribution is 2.40. The van der Waals surface area contributed by atoms with Gasteiger partial charge in [0.2, 0.25) is 17.7 Å². The minimum atomic E-state index is -1.14. The summed E-state index contributed by atoms with van der Waals surface area (Å²) < 4.78 is 27.9. The summed E-state index contributed by atoms with van der Waals surface area (Å²) in [6.45, 7) is 2.00. The van der Waals surface area contributed by atoms with Gasteiger partial charge >= 0.3 is 0 Å². The van der Waals surface area contributed by atoms with Gasteiger partial charge in [-0.3, -0.25) is 14.4 Å². The zero-order valence-electron chi connectivity index (χ0n) is 21.7. The van der Waals surface area contributed by atoms with Crippen LogP contribution in [0.1, 0.15) is 42.4 Å². The summed E-state index contributed by atoms with van der Waals surface area (Å²) in [4.78, 5) is 44.0. The van der Waals surface area contributed by atoms with Crippen molar-refractivity contribution in [1.29, 1.82) is 0 Å². The van der Waals surface area contributed by atoms with Gasteiger partial charge in [0.25, 0.3) is 0 Å². The lowest BCUT2D eigenvalue weighted by molar-refractivity contribution is -0.146. The van der Waals surface area contributed by atoms with Crippen LogP contribution in [0.15, 0.2) is 72.8 Å². The molecule has 5 rings (SSSR count). The van der Waals surface area contributed by atoms with Crippen molar-refractivity contribution in [1.82, 2.24) is 4.90 Å². The van der Waals surface area contributed by atoms with E-state index in [1.807, 2.05) is 54.6 Å². The van der Waals surface area contributed by atoms with Crippen molar-refractivity contribution in [3.8, 4) is 0 Å². The summed E-state index contributed by atoms with van der Waals surface area (Å²) in [6, 6.07) is 17.8. The van der Waals surface area contributed by atoms with E-state index in [4.69, 9.17) is 5.73 Å². The van der Waals surface area contributed by atoms with Gasteiger partial charge in [-0.2, -0.15) is 0 Å². The Morgan fingerprint density at radius 3 is 2.28 bits per heavy atom. The number of halogens is 2. The summed E-state index contributed by atoms with van der Waals surface area (Å²) in [7, 11) is 0. The molecule has 0 spiro atoms. The van der Waals surface area contributed by atoms with Crippen LogP contribution in [-0.4, -0.2) is 41.2 Å². The number of primary amides is 1. The highest BCUT2D eigenvalue weighted by molar-refractivity contribution is 6.02. The van der Waals surface area contributed by atoms with Gasteiger partial charge in [-0.25, -0.2) is 8.78 Å². The second kappa shape index (κ2) is 11.0. The zero-order valence-corrected chi connectivity index (χ0v) is 21.7. The van der Waals surface area contributed by atoms with Gasteiger partial charge in [-0.05, 0) is 67.0 Å². The van der Waals surface area contributed by atoms with Crippen molar-refractivity contribution < 1.29 is 23.2 Å². The lowest BCUT2D eigenvalue weighted by atomic mass is 9.84. The predicted molar refractivity (Wildman–Crippen MR) is 144 cm³/mol. The van der Waals surface area contributed by atoms with Gasteiger partial charge in [0.1, 0.15) is 23.7 Å². The fraction of sp³-hybridized carbons (Fsp3) is 0.323. The molecule has 39 heavy (non-hydrogen) atoms. The highest BCUT2D eigenvalue weighted by atomic mass is 19.1. The number of hydrogen-bond donors (Lipinski definition) is 1. The van der Waals surface area contributed by atoms with E-state index in [1.165, 1.54) is 11.8 Å². The topological polar surface area (TPSA) is 83.7 Å². The molecule has 2 N–H and O–H groups in total. The number of rotatable bonds is 8. The number of amides is 3. The summed E-state index contributed by atoms with van der Waals surface area (Å²) >= 11 is 0. The molecule has 6 nitrogen and oxygen atoms in total. The van der Waals surface area contributed by atoms with Gasteiger partial charge in [-0.15, -0.1) is 0 Å². The third kappa shape index (κ3) is 5.70. The van der Waals surface area contributed by atoms with E-state index < -0.39 is 47.9 Å². The molecule has 0 saturated heterocycles. The van der Waals surface area contributed by atoms with Crippen LogP contribution in [0.25, 0.3) is 0 Å². The molecule has 3 aromatic carbocycles. The van der Waals surface area contributed by atoms with Gasteiger partial charge in [0.15, 0.2) is 0 Å². The molecule has 3 amide bonds. The van der Waals surface area contributed by atoms with Crippen LogP contribution in [0.3, 0.4) is 0 Å². The van der Waals surface area contributed by atoms with E-state index in [1.54, 1.807) is 4.90 Å². The molecule has 2 aliphatic rings. The third-order valence-electron chi connectivity index (χ3n) is 7.68. The van der Waals surface area contributed by atoms with Crippen LogP contribution >= 0.6 is 0 Å². The minimum Gasteiger partial charge on any atom is -0.368 e. The number of carbonyl (C=O) groups excluding carboxylic acids is 3. The highest BCUT2D eigenvalue weighted by Gasteiger charge is 2.46. The maximum Gasteiger partial charge on any atom is 0.250 e. The molecule has 1 fully saturated rings. The number of anilines is 1. The van der Waals surface area contributed by atoms with Crippen molar-refractivity contribution in [2.75, 3.05) is 11.4 Å². The first-order chi connectivity index (χ1) is 18.7. The number of para-hydroxylation sites is 1. The van der Waals surface area contributed by atoms with Crippen molar-refractivity contribution in [2.45, 2.75) is 50.6 Å². The lowest BCUT2D eigenvalue weighted by Gasteiger charge is -2.39. The molecule has 3 atom stereocenters. The Balaban J connectivity index is 1.64. The zero-order chi connectivity index (χ0) is 27.7. The molecule has 0 bridgehead atoms. The Kier molecular flexibility index (Phi) is 7.46. The number of nitrogens with two attached hydrogens (primary N) is 1. The molecule has 0 aromatic heterocycles. The first-order valence-corrected chi connectivity index (χ1v) is 13.2. The van der Waals surface area contributed by atoms with E-state index in [-0.39, 0.29) is 11.5 Å². The van der Waals surface area contributed by atoms with Crippen LogP contribution in [0.5, 0.6) is 0 Å². The average molecular weight is 532 g/mol. The van der Waals surface area contributed by atoms with Gasteiger partial charge in [-0.1, -0.05) is 48.5 Å². The number of nitrogens with zero attached hydrogens (tertiary/aromatic N) is 2. The molecule has 1 saturated carbocycles. The van der Waals surface area contributed by atoms with Crippen LogP contribution in [-0.2, 0) is 27.2 Å². The Labute approximate surface area is 226 Å². The smallest absolute Gasteiger partial charge is 0.250 e. The minimum absolute atomic E-state index is 0.106. The van der Waals surface area contributed by atoms with Gasteiger partial charge in [0, 0.05) is 24.2 Å². The quantitative estimate of drug-likeness (QED) is 0.469. The van der Waals surface area contributed by atoms with E-state index in [9.17, 15) is 23.2 Å². The SMILES string of the molecule is C[C@@H](C(N)=O)N(C(=O)Cc1cc(F)cc(F)c1)[C@@H]1C(=O)N(CC2CC2)c2ccccc2C[C@@H]1c1ccccc1. The van der Waals surface area contributed by atoms with Crippen LogP contribution in [0.2, 0.25) is 0 Å². The molecule has 1 heterocycles. The van der Waals surface area contributed by atoms with Gasteiger partial charge < -0.3 is 15.5 Å². The first kappa shape index (κ1) is 26.5. The Hall–Kier alpha value is -4.07. The maximum atomic E-state index is 14.5. The molecular formula is C31H31F2N3O3. The van der Waals surface area contributed by atoms with E-state index in [0.29, 0.717) is 18.9 Å². The van der Waals surface area contributed by atoms with E-state index in [2.05, 4.69) is 0 Å². The van der Waals surface area contributed by atoms with Crippen LogP contribution in [0, 0.1) is 17.6 Å². The second-order valence-electron chi connectivity index (χ2n) is 10.5. The monoisotopic (exact) mass is 531 g/mol. The van der Waals surface area contributed by atoms with E-state index >= 15 is 0 Å². The van der Waals surface area contributed by atoms with Crippen LogP contribution < -0.4 is 10.6 Å². The molecule has 0 unspecified atom stereocenters.